The summed E-state index contributed by atoms with van der Waals surface area (Å²) >= 11 is 5.81. The highest BCUT2D eigenvalue weighted by Crippen LogP contribution is 2.13. The lowest BCUT2D eigenvalue weighted by molar-refractivity contribution is -0.132. The zero-order chi connectivity index (χ0) is 15.2. The van der Waals surface area contributed by atoms with Crippen molar-refractivity contribution < 1.29 is 13.9 Å². The maximum atomic E-state index is 12.7. The normalized spacial score (nSPS) is 10.2. The van der Waals surface area contributed by atoms with Crippen LogP contribution in [0.3, 0.4) is 0 Å². The highest BCUT2D eigenvalue weighted by atomic mass is 35.5. The van der Waals surface area contributed by atoms with E-state index >= 15 is 0 Å². The number of rotatable bonds is 5. The molecule has 0 saturated heterocycles. The van der Waals surface area contributed by atoms with Crippen molar-refractivity contribution in [2.24, 2.45) is 0 Å². The molecule has 0 fully saturated rings. The van der Waals surface area contributed by atoms with Gasteiger partial charge in [-0.05, 0) is 42.0 Å². The van der Waals surface area contributed by atoms with Crippen LogP contribution in [-0.4, -0.2) is 24.5 Å². The van der Waals surface area contributed by atoms with E-state index in [9.17, 15) is 9.18 Å². The van der Waals surface area contributed by atoms with E-state index in [0.29, 0.717) is 17.3 Å². The number of carbonyl (C=O) groups is 1. The number of carbonyl (C=O) groups excluding carboxylic acids is 1. The molecule has 1 amide bonds. The quantitative estimate of drug-likeness (QED) is 0.846. The van der Waals surface area contributed by atoms with Gasteiger partial charge in [0.1, 0.15) is 11.6 Å². The van der Waals surface area contributed by atoms with Gasteiger partial charge >= 0.3 is 0 Å². The SMILES string of the molecule is CN(Cc1ccc(Cl)cc1)C(=O)COc1ccc(F)cc1. The first-order valence-electron chi connectivity index (χ1n) is 6.41. The van der Waals surface area contributed by atoms with Crippen LogP contribution < -0.4 is 4.74 Å². The number of nitrogens with zero attached hydrogens (tertiary/aromatic N) is 1. The molecule has 5 heteroatoms. The molecule has 0 aliphatic heterocycles. The van der Waals surface area contributed by atoms with E-state index in [0.717, 1.165) is 5.56 Å². The van der Waals surface area contributed by atoms with Gasteiger partial charge in [-0.15, -0.1) is 0 Å². The minimum Gasteiger partial charge on any atom is -0.484 e. The fraction of sp³-hybridized carbons (Fsp3) is 0.188. The smallest absolute Gasteiger partial charge is 0.260 e. The predicted octanol–water partition coefficient (Wildman–Crippen LogP) is 3.52. The Morgan fingerprint density at radius 3 is 2.38 bits per heavy atom. The minimum atomic E-state index is -0.339. The molecule has 2 rings (SSSR count). The number of hydrogen-bond acceptors (Lipinski definition) is 2. The molecule has 0 heterocycles. The van der Waals surface area contributed by atoms with Crippen molar-refractivity contribution in [2.75, 3.05) is 13.7 Å². The first kappa shape index (κ1) is 15.3. The van der Waals surface area contributed by atoms with E-state index < -0.39 is 0 Å². The standard InChI is InChI=1S/C16H15ClFNO2/c1-19(10-12-2-4-13(17)5-3-12)16(20)11-21-15-8-6-14(18)7-9-15/h2-9H,10-11H2,1H3. The highest BCUT2D eigenvalue weighted by Gasteiger charge is 2.10. The second kappa shape index (κ2) is 7.09. The third-order valence-corrected chi connectivity index (χ3v) is 3.19. The zero-order valence-corrected chi connectivity index (χ0v) is 12.3. The van der Waals surface area contributed by atoms with Gasteiger partial charge in [-0.1, -0.05) is 23.7 Å². The fourth-order valence-electron chi connectivity index (χ4n) is 1.74. The van der Waals surface area contributed by atoms with Gasteiger partial charge in [0.15, 0.2) is 6.61 Å². The van der Waals surface area contributed by atoms with E-state index in [1.807, 2.05) is 12.1 Å². The number of likely N-dealkylation sites (N-methyl/N-ethyl adjacent to an activating group) is 1. The number of amides is 1. The Kier molecular flexibility index (Phi) is 5.17. The van der Waals surface area contributed by atoms with Gasteiger partial charge < -0.3 is 9.64 Å². The Bertz CT molecular complexity index is 599. The summed E-state index contributed by atoms with van der Waals surface area (Å²) in [7, 11) is 1.70. The molecule has 110 valence electrons. The van der Waals surface area contributed by atoms with Crippen molar-refractivity contribution in [3.63, 3.8) is 0 Å². The second-order valence-electron chi connectivity index (χ2n) is 4.62. The number of halogens is 2. The fourth-order valence-corrected chi connectivity index (χ4v) is 1.86. The van der Waals surface area contributed by atoms with Crippen LogP contribution in [0.4, 0.5) is 4.39 Å². The van der Waals surface area contributed by atoms with Crippen molar-refractivity contribution >= 4 is 17.5 Å². The molecule has 0 aliphatic rings. The summed E-state index contributed by atoms with van der Waals surface area (Å²) in [4.78, 5) is 13.5. The van der Waals surface area contributed by atoms with Crippen LogP contribution >= 0.6 is 11.6 Å². The number of hydrogen-bond donors (Lipinski definition) is 0. The van der Waals surface area contributed by atoms with Gasteiger partial charge in [-0.2, -0.15) is 0 Å². The van der Waals surface area contributed by atoms with Gasteiger partial charge in [0, 0.05) is 18.6 Å². The van der Waals surface area contributed by atoms with Crippen molar-refractivity contribution in [1.29, 1.82) is 0 Å². The Morgan fingerprint density at radius 1 is 1.14 bits per heavy atom. The summed E-state index contributed by atoms with van der Waals surface area (Å²) in [6, 6.07) is 12.9. The highest BCUT2D eigenvalue weighted by molar-refractivity contribution is 6.30. The Hall–Kier alpha value is -2.07. The van der Waals surface area contributed by atoms with Crippen molar-refractivity contribution in [3.05, 3.63) is 64.9 Å². The molecule has 21 heavy (non-hydrogen) atoms. The van der Waals surface area contributed by atoms with E-state index in [1.165, 1.54) is 24.3 Å². The van der Waals surface area contributed by atoms with E-state index in [1.54, 1.807) is 24.1 Å². The third-order valence-electron chi connectivity index (χ3n) is 2.93. The lowest BCUT2D eigenvalue weighted by Crippen LogP contribution is -2.30. The summed E-state index contributed by atoms with van der Waals surface area (Å²) < 4.78 is 18.1. The van der Waals surface area contributed by atoms with E-state index in [4.69, 9.17) is 16.3 Å². The molecule has 3 nitrogen and oxygen atoms in total. The van der Waals surface area contributed by atoms with Gasteiger partial charge in [-0.3, -0.25) is 4.79 Å². The summed E-state index contributed by atoms with van der Waals surface area (Å²) in [5, 5.41) is 0.660. The number of ether oxygens (including phenoxy) is 1. The molecule has 0 bridgehead atoms. The molecule has 0 N–H and O–H groups in total. The average Bonchev–Trinajstić information content (AvgIpc) is 2.48. The summed E-state index contributed by atoms with van der Waals surface area (Å²) in [6.45, 7) is 0.387. The molecular weight excluding hydrogens is 293 g/mol. The van der Waals surface area contributed by atoms with Crippen LogP contribution in [0, 0.1) is 5.82 Å². The molecule has 2 aromatic rings. The average molecular weight is 308 g/mol. The van der Waals surface area contributed by atoms with Gasteiger partial charge in [0.05, 0.1) is 0 Å². The van der Waals surface area contributed by atoms with Crippen molar-refractivity contribution in [3.8, 4) is 5.75 Å². The topological polar surface area (TPSA) is 29.5 Å². The van der Waals surface area contributed by atoms with Crippen LogP contribution in [0.1, 0.15) is 5.56 Å². The maximum Gasteiger partial charge on any atom is 0.260 e. The largest absolute Gasteiger partial charge is 0.484 e. The molecule has 0 unspecified atom stereocenters. The van der Waals surface area contributed by atoms with Crippen LogP contribution in [-0.2, 0) is 11.3 Å². The summed E-state index contributed by atoms with van der Waals surface area (Å²) in [5.74, 6) is -0.0348. The molecule has 0 saturated carbocycles. The summed E-state index contributed by atoms with van der Waals surface area (Å²) in [5.41, 5.74) is 0.983. The first-order chi connectivity index (χ1) is 10.0. The van der Waals surface area contributed by atoms with Gasteiger partial charge in [0.25, 0.3) is 5.91 Å². The molecule has 0 aromatic heterocycles. The molecule has 0 spiro atoms. The van der Waals surface area contributed by atoms with E-state index in [-0.39, 0.29) is 18.3 Å². The summed E-state index contributed by atoms with van der Waals surface area (Å²) in [6.07, 6.45) is 0. The lowest BCUT2D eigenvalue weighted by Gasteiger charge is -2.17. The Morgan fingerprint density at radius 2 is 1.76 bits per heavy atom. The molecule has 2 aromatic carbocycles. The van der Waals surface area contributed by atoms with Crippen LogP contribution in [0.25, 0.3) is 0 Å². The van der Waals surface area contributed by atoms with Gasteiger partial charge in [0.2, 0.25) is 0 Å². The molecule has 0 radical (unpaired) electrons. The molecule has 0 aliphatic carbocycles. The molecule has 0 atom stereocenters. The lowest BCUT2D eigenvalue weighted by atomic mass is 10.2. The minimum absolute atomic E-state index is 0.0876. The zero-order valence-electron chi connectivity index (χ0n) is 11.6. The van der Waals surface area contributed by atoms with Gasteiger partial charge in [-0.25, -0.2) is 4.39 Å². The van der Waals surface area contributed by atoms with Crippen molar-refractivity contribution in [2.45, 2.75) is 6.54 Å². The van der Waals surface area contributed by atoms with Crippen LogP contribution in [0.15, 0.2) is 48.5 Å². The third kappa shape index (κ3) is 4.76. The maximum absolute atomic E-state index is 12.7. The Balaban J connectivity index is 1.84. The monoisotopic (exact) mass is 307 g/mol. The van der Waals surface area contributed by atoms with E-state index in [2.05, 4.69) is 0 Å². The number of benzene rings is 2. The predicted molar refractivity (Wildman–Crippen MR) is 79.8 cm³/mol. The van der Waals surface area contributed by atoms with Crippen LogP contribution in [0.2, 0.25) is 5.02 Å². The Labute approximate surface area is 127 Å². The van der Waals surface area contributed by atoms with Crippen LogP contribution in [0.5, 0.6) is 5.75 Å². The van der Waals surface area contributed by atoms with Crippen molar-refractivity contribution in [1.82, 2.24) is 4.90 Å². The first-order valence-corrected chi connectivity index (χ1v) is 6.79. The molecular formula is C16H15ClFNO2. The second-order valence-corrected chi connectivity index (χ2v) is 5.06.